The number of nitrogens with one attached hydrogen (secondary N) is 1. The molecule has 116 valence electrons. The Hall–Kier alpha value is -2.14. The second-order valence-corrected chi connectivity index (χ2v) is 6.00. The van der Waals surface area contributed by atoms with E-state index < -0.39 is 0 Å². The third-order valence-electron chi connectivity index (χ3n) is 4.17. The number of nitrogens with zero attached hydrogens (tertiary/aromatic N) is 1. The Labute approximate surface area is 129 Å². The summed E-state index contributed by atoms with van der Waals surface area (Å²) in [6, 6.07) is 9.54. The summed E-state index contributed by atoms with van der Waals surface area (Å²) in [5.74, 6) is -0.0105. The van der Waals surface area contributed by atoms with Crippen LogP contribution in [0.15, 0.2) is 30.3 Å². The van der Waals surface area contributed by atoms with Crippen LogP contribution in [0, 0.1) is 0 Å². The van der Waals surface area contributed by atoms with Gasteiger partial charge in [0, 0.05) is 17.1 Å². The number of hydrogen-bond donors (Lipinski definition) is 3. The number of rotatable bonds is 3. The van der Waals surface area contributed by atoms with Gasteiger partial charge in [0.2, 0.25) is 5.91 Å². The molecule has 2 aromatic rings. The second-order valence-electron chi connectivity index (χ2n) is 6.00. The first kappa shape index (κ1) is 14.8. The highest BCUT2D eigenvalue weighted by molar-refractivity contribution is 5.83. The van der Waals surface area contributed by atoms with Gasteiger partial charge >= 0.3 is 0 Å². The molecule has 1 aromatic carbocycles. The zero-order valence-corrected chi connectivity index (χ0v) is 12.5. The second kappa shape index (κ2) is 6.32. The van der Waals surface area contributed by atoms with E-state index in [0.717, 1.165) is 42.3 Å². The van der Waals surface area contributed by atoms with E-state index in [1.165, 1.54) is 0 Å². The highest BCUT2D eigenvalue weighted by Crippen LogP contribution is 2.19. The summed E-state index contributed by atoms with van der Waals surface area (Å²) in [6.07, 6.45) is 3.29. The maximum absolute atomic E-state index is 12.1. The molecule has 0 atom stereocenters. The molecule has 0 aliphatic heterocycles. The van der Waals surface area contributed by atoms with Gasteiger partial charge in [0.05, 0.1) is 23.7 Å². The largest absolute Gasteiger partial charge is 0.399 e. The highest BCUT2D eigenvalue weighted by Gasteiger charge is 2.20. The van der Waals surface area contributed by atoms with E-state index in [1.807, 2.05) is 30.3 Å². The maximum atomic E-state index is 12.1. The number of pyridine rings is 1. The quantitative estimate of drug-likeness (QED) is 0.754. The Morgan fingerprint density at radius 2 is 2.00 bits per heavy atom. The van der Waals surface area contributed by atoms with Crippen molar-refractivity contribution in [1.82, 2.24) is 10.3 Å². The summed E-state index contributed by atoms with van der Waals surface area (Å²) in [4.78, 5) is 16.6. The number of benzene rings is 1. The molecular weight excluding hydrogens is 278 g/mol. The van der Waals surface area contributed by atoms with E-state index in [-0.39, 0.29) is 24.5 Å². The predicted molar refractivity (Wildman–Crippen MR) is 86.3 cm³/mol. The van der Waals surface area contributed by atoms with E-state index in [4.69, 9.17) is 5.73 Å². The van der Waals surface area contributed by atoms with Gasteiger partial charge in [-0.2, -0.15) is 0 Å². The van der Waals surface area contributed by atoms with E-state index in [1.54, 1.807) is 0 Å². The van der Waals surface area contributed by atoms with Crippen LogP contribution in [-0.4, -0.2) is 28.1 Å². The molecule has 1 saturated carbocycles. The van der Waals surface area contributed by atoms with Crippen molar-refractivity contribution in [3.63, 3.8) is 0 Å². The number of nitrogen functional groups attached to an aromatic ring is 1. The minimum absolute atomic E-state index is 0.0105. The average Bonchev–Trinajstić information content (AvgIpc) is 2.50. The van der Waals surface area contributed by atoms with Crippen LogP contribution in [0.3, 0.4) is 0 Å². The van der Waals surface area contributed by atoms with Gasteiger partial charge in [-0.15, -0.1) is 0 Å². The Morgan fingerprint density at radius 1 is 1.23 bits per heavy atom. The Bertz CT molecular complexity index is 679. The normalized spacial score (nSPS) is 21.7. The van der Waals surface area contributed by atoms with Crippen LogP contribution in [0.25, 0.3) is 10.9 Å². The van der Waals surface area contributed by atoms with Crippen LogP contribution in [-0.2, 0) is 11.2 Å². The summed E-state index contributed by atoms with van der Waals surface area (Å²) >= 11 is 0. The van der Waals surface area contributed by atoms with Crippen molar-refractivity contribution < 1.29 is 9.90 Å². The maximum Gasteiger partial charge on any atom is 0.226 e. The van der Waals surface area contributed by atoms with Crippen molar-refractivity contribution in [2.75, 3.05) is 5.73 Å². The fraction of sp³-hybridized carbons (Fsp3) is 0.412. The van der Waals surface area contributed by atoms with E-state index in [2.05, 4.69) is 10.3 Å². The van der Waals surface area contributed by atoms with Crippen molar-refractivity contribution >= 4 is 22.5 Å². The smallest absolute Gasteiger partial charge is 0.226 e. The molecule has 1 fully saturated rings. The van der Waals surface area contributed by atoms with E-state index in [9.17, 15) is 9.90 Å². The number of amides is 1. The van der Waals surface area contributed by atoms with Gasteiger partial charge in [0.25, 0.3) is 0 Å². The molecule has 1 aromatic heterocycles. The highest BCUT2D eigenvalue weighted by atomic mass is 16.3. The van der Waals surface area contributed by atoms with Crippen molar-refractivity contribution in [2.24, 2.45) is 0 Å². The summed E-state index contributed by atoms with van der Waals surface area (Å²) in [7, 11) is 0. The van der Waals surface area contributed by atoms with Crippen LogP contribution in [0.5, 0.6) is 0 Å². The molecule has 4 N–H and O–H groups in total. The number of fused-ring (bicyclic) bond motifs is 1. The monoisotopic (exact) mass is 299 g/mol. The van der Waals surface area contributed by atoms with Gasteiger partial charge in [0.1, 0.15) is 0 Å². The standard InChI is InChI=1S/C17H21N3O2/c18-12-2-8-16-11(9-12)1-3-14(19-16)10-17(22)20-13-4-6-15(21)7-5-13/h1-3,8-9,13,15,21H,4-7,10,18H2,(H,20,22). The molecule has 22 heavy (non-hydrogen) atoms. The van der Waals surface area contributed by atoms with Crippen LogP contribution >= 0.6 is 0 Å². The van der Waals surface area contributed by atoms with Crippen LogP contribution < -0.4 is 11.1 Å². The lowest BCUT2D eigenvalue weighted by molar-refractivity contribution is -0.121. The number of carbonyl (C=O) groups is 1. The summed E-state index contributed by atoms with van der Waals surface area (Å²) in [5.41, 5.74) is 8.06. The Balaban J connectivity index is 1.62. The number of carbonyl (C=O) groups excluding carboxylic acids is 1. The molecule has 1 heterocycles. The fourth-order valence-electron chi connectivity index (χ4n) is 2.95. The molecule has 1 amide bonds. The Morgan fingerprint density at radius 3 is 2.77 bits per heavy atom. The molecule has 5 nitrogen and oxygen atoms in total. The van der Waals surface area contributed by atoms with Gasteiger partial charge in [-0.05, 0) is 49.9 Å². The zero-order valence-electron chi connectivity index (χ0n) is 12.5. The molecule has 0 saturated heterocycles. The molecule has 1 aliphatic carbocycles. The molecule has 0 spiro atoms. The van der Waals surface area contributed by atoms with Crippen LogP contribution in [0.2, 0.25) is 0 Å². The third kappa shape index (κ3) is 3.54. The summed E-state index contributed by atoms with van der Waals surface area (Å²) < 4.78 is 0. The molecule has 5 heteroatoms. The number of nitrogens with two attached hydrogens (primary N) is 1. The van der Waals surface area contributed by atoms with Crippen molar-refractivity contribution in [2.45, 2.75) is 44.2 Å². The van der Waals surface area contributed by atoms with Crippen molar-refractivity contribution in [1.29, 1.82) is 0 Å². The fourth-order valence-corrected chi connectivity index (χ4v) is 2.95. The topological polar surface area (TPSA) is 88.2 Å². The van der Waals surface area contributed by atoms with E-state index >= 15 is 0 Å². The Kier molecular flexibility index (Phi) is 4.24. The molecule has 0 unspecified atom stereocenters. The van der Waals surface area contributed by atoms with Gasteiger partial charge < -0.3 is 16.2 Å². The summed E-state index contributed by atoms with van der Waals surface area (Å²) in [6.45, 7) is 0. The van der Waals surface area contributed by atoms with Gasteiger partial charge in [-0.1, -0.05) is 6.07 Å². The molecule has 3 rings (SSSR count). The first-order valence-corrected chi connectivity index (χ1v) is 7.73. The lowest BCUT2D eigenvalue weighted by atomic mass is 9.93. The SMILES string of the molecule is Nc1ccc2nc(CC(=O)NC3CCC(O)CC3)ccc2c1. The summed E-state index contributed by atoms with van der Waals surface area (Å²) in [5, 5.41) is 13.5. The average molecular weight is 299 g/mol. The lowest BCUT2D eigenvalue weighted by Gasteiger charge is -2.26. The first-order chi connectivity index (χ1) is 10.6. The number of aromatic nitrogens is 1. The zero-order chi connectivity index (χ0) is 15.5. The van der Waals surface area contributed by atoms with Crippen LogP contribution in [0.4, 0.5) is 5.69 Å². The molecule has 1 aliphatic rings. The molecule has 0 radical (unpaired) electrons. The minimum atomic E-state index is -0.206. The van der Waals surface area contributed by atoms with Crippen LogP contribution in [0.1, 0.15) is 31.4 Å². The number of hydrogen-bond acceptors (Lipinski definition) is 4. The van der Waals surface area contributed by atoms with Gasteiger partial charge in [-0.25, -0.2) is 0 Å². The van der Waals surface area contributed by atoms with E-state index in [0.29, 0.717) is 5.69 Å². The number of aliphatic hydroxyl groups excluding tert-OH is 1. The predicted octanol–water partition coefficient (Wildman–Crippen LogP) is 1.78. The van der Waals surface area contributed by atoms with Crippen molar-refractivity contribution in [3.8, 4) is 0 Å². The molecular formula is C17H21N3O2. The number of anilines is 1. The number of aliphatic hydroxyl groups is 1. The van der Waals surface area contributed by atoms with Gasteiger partial charge in [0.15, 0.2) is 0 Å². The first-order valence-electron chi connectivity index (χ1n) is 7.73. The van der Waals surface area contributed by atoms with Gasteiger partial charge in [-0.3, -0.25) is 9.78 Å². The van der Waals surface area contributed by atoms with Crippen molar-refractivity contribution in [3.05, 3.63) is 36.0 Å². The third-order valence-corrected chi connectivity index (χ3v) is 4.17. The minimum Gasteiger partial charge on any atom is -0.399 e. The molecule has 0 bridgehead atoms. The lowest BCUT2D eigenvalue weighted by Crippen LogP contribution is -2.39.